The van der Waals surface area contributed by atoms with E-state index in [4.69, 9.17) is 0 Å². The SMILES string of the molecule is CC1CCCN(c2ccc(NC(=O)NC(C)C)cn2)C1. The zero-order valence-electron chi connectivity index (χ0n) is 12.5. The van der Waals surface area contributed by atoms with Crippen molar-refractivity contribution in [1.82, 2.24) is 10.3 Å². The highest BCUT2D eigenvalue weighted by atomic mass is 16.2. The highest BCUT2D eigenvalue weighted by molar-refractivity contribution is 5.89. The monoisotopic (exact) mass is 276 g/mol. The first kappa shape index (κ1) is 14.6. The molecule has 0 radical (unpaired) electrons. The highest BCUT2D eigenvalue weighted by Gasteiger charge is 2.17. The summed E-state index contributed by atoms with van der Waals surface area (Å²) in [6, 6.07) is 3.81. The molecule has 2 N–H and O–H groups in total. The summed E-state index contributed by atoms with van der Waals surface area (Å²) in [5, 5.41) is 5.57. The van der Waals surface area contributed by atoms with Crippen molar-refractivity contribution < 1.29 is 4.79 Å². The Morgan fingerprint density at radius 1 is 1.45 bits per heavy atom. The summed E-state index contributed by atoms with van der Waals surface area (Å²) in [6.07, 6.45) is 4.24. The van der Waals surface area contributed by atoms with Gasteiger partial charge in [0.2, 0.25) is 0 Å². The number of rotatable bonds is 3. The Morgan fingerprint density at radius 3 is 2.85 bits per heavy atom. The number of hydrogen-bond acceptors (Lipinski definition) is 3. The first-order valence-electron chi connectivity index (χ1n) is 7.33. The predicted octanol–water partition coefficient (Wildman–Crippen LogP) is 2.85. The van der Waals surface area contributed by atoms with E-state index < -0.39 is 0 Å². The number of pyridine rings is 1. The lowest BCUT2D eigenvalue weighted by Gasteiger charge is -2.31. The molecule has 2 amide bonds. The van der Waals surface area contributed by atoms with Crippen molar-refractivity contribution in [3.63, 3.8) is 0 Å². The van der Waals surface area contributed by atoms with Crippen molar-refractivity contribution in [1.29, 1.82) is 0 Å². The van der Waals surface area contributed by atoms with E-state index in [-0.39, 0.29) is 12.1 Å². The smallest absolute Gasteiger partial charge is 0.319 e. The number of nitrogens with zero attached hydrogens (tertiary/aromatic N) is 2. The standard InChI is InChI=1S/C15H24N4O/c1-11(2)17-15(20)18-13-6-7-14(16-9-13)19-8-4-5-12(3)10-19/h6-7,9,11-12H,4-5,8,10H2,1-3H3,(H2,17,18,20). The van der Waals surface area contributed by atoms with Gasteiger partial charge in [-0.15, -0.1) is 0 Å². The van der Waals surface area contributed by atoms with Crippen molar-refractivity contribution >= 4 is 17.5 Å². The molecule has 1 fully saturated rings. The third-order valence-electron chi connectivity index (χ3n) is 3.41. The molecule has 1 unspecified atom stereocenters. The molecule has 1 atom stereocenters. The minimum atomic E-state index is -0.193. The van der Waals surface area contributed by atoms with E-state index in [1.807, 2.05) is 26.0 Å². The number of amides is 2. The van der Waals surface area contributed by atoms with Crippen LogP contribution >= 0.6 is 0 Å². The van der Waals surface area contributed by atoms with Crippen LogP contribution in [0.4, 0.5) is 16.3 Å². The second kappa shape index (κ2) is 6.59. The number of aromatic nitrogens is 1. The molecule has 2 rings (SSSR count). The molecule has 1 saturated heterocycles. The molecule has 5 nitrogen and oxygen atoms in total. The maximum absolute atomic E-state index is 11.6. The number of piperidine rings is 1. The van der Waals surface area contributed by atoms with Gasteiger partial charge in [-0.1, -0.05) is 6.92 Å². The molecule has 0 aromatic carbocycles. The van der Waals surface area contributed by atoms with Gasteiger partial charge in [-0.3, -0.25) is 0 Å². The Labute approximate surface area is 120 Å². The molecule has 5 heteroatoms. The lowest BCUT2D eigenvalue weighted by atomic mass is 10.0. The van der Waals surface area contributed by atoms with Gasteiger partial charge in [-0.25, -0.2) is 9.78 Å². The summed E-state index contributed by atoms with van der Waals surface area (Å²) in [5.74, 6) is 1.71. The van der Waals surface area contributed by atoms with Gasteiger partial charge in [0.25, 0.3) is 0 Å². The summed E-state index contributed by atoms with van der Waals surface area (Å²) in [5.41, 5.74) is 0.719. The van der Waals surface area contributed by atoms with Crippen LogP contribution < -0.4 is 15.5 Å². The third kappa shape index (κ3) is 4.11. The van der Waals surface area contributed by atoms with E-state index in [9.17, 15) is 4.79 Å². The maximum Gasteiger partial charge on any atom is 0.319 e. The summed E-state index contributed by atoms with van der Waals surface area (Å²) >= 11 is 0. The fourth-order valence-corrected chi connectivity index (χ4v) is 2.47. The average Bonchev–Trinajstić information content (AvgIpc) is 2.38. The molecule has 0 saturated carbocycles. The molecule has 1 aromatic rings. The largest absolute Gasteiger partial charge is 0.356 e. The van der Waals surface area contributed by atoms with Crippen molar-refractivity contribution in [3.8, 4) is 0 Å². The second-order valence-corrected chi connectivity index (χ2v) is 5.85. The predicted molar refractivity (Wildman–Crippen MR) is 82.1 cm³/mol. The Bertz CT molecular complexity index is 444. The minimum absolute atomic E-state index is 0.122. The second-order valence-electron chi connectivity index (χ2n) is 5.85. The number of carbonyl (C=O) groups is 1. The number of nitrogens with one attached hydrogen (secondary N) is 2. The first-order valence-corrected chi connectivity index (χ1v) is 7.33. The average molecular weight is 276 g/mol. The molecule has 2 heterocycles. The molecule has 0 spiro atoms. The molecule has 1 aliphatic rings. The van der Waals surface area contributed by atoms with E-state index in [1.54, 1.807) is 6.20 Å². The van der Waals surface area contributed by atoms with Crippen LogP contribution in [0.2, 0.25) is 0 Å². The van der Waals surface area contributed by atoms with Crippen LogP contribution in [-0.2, 0) is 0 Å². The van der Waals surface area contributed by atoms with Crippen molar-refractivity contribution in [2.24, 2.45) is 5.92 Å². The summed E-state index contributed by atoms with van der Waals surface area (Å²) in [7, 11) is 0. The van der Waals surface area contributed by atoms with Crippen molar-refractivity contribution in [2.45, 2.75) is 39.7 Å². The van der Waals surface area contributed by atoms with Gasteiger partial charge >= 0.3 is 6.03 Å². The van der Waals surface area contributed by atoms with Gasteiger partial charge in [-0.05, 0) is 44.7 Å². The number of hydrogen-bond donors (Lipinski definition) is 2. The molecule has 0 aliphatic carbocycles. The molecular formula is C15H24N4O. The fourth-order valence-electron chi connectivity index (χ4n) is 2.47. The van der Waals surface area contributed by atoms with Gasteiger partial charge < -0.3 is 15.5 Å². The molecule has 1 aromatic heterocycles. The zero-order valence-corrected chi connectivity index (χ0v) is 12.5. The van der Waals surface area contributed by atoms with E-state index >= 15 is 0 Å². The van der Waals surface area contributed by atoms with E-state index in [0.717, 1.165) is 30.5 Å². The summed E-state index contributed by atoms with van der Waals surface area (Å²) in [4.78, 5) is 18.4. The fraction of sp³-hybridized carbons (Fsp3) is 0.600. The molecule has 1 aliphatic heterocycles. The minimum Gasteiger partial charge on any atom is -0.356 e. The van der Waals surface area contributed by atoms with Crippen LogP contribution in [0, 0.1) is 5.92 Å². The Kier molecular flexibility index (Phi) is 4.82. The summed E-state index contributed by atoms with van der Waals surface area (Å²) in [6.45, 7) is 8.26. The Balaban J connectivity index is 1.94. The van der Waals surface area contributed by atoms with E-state index in [2.05, 4.69) is 27.4 Å². The van der Waals surface area contributed by atoms with E-state index in [0.29, 0.717) is 0 Å². The van der Waals surface area contributed by atoms with Gasteiger partial charge in [0.05, 0.1) is 11.9 Å². The summed E-state index contributed by atoms with van der Waals surface area (Å²) < 4.78 is 0. The maximum atomic E-state index is 11.6. The Hall–Kier alpha value is -1.78. The molecule has 0 bridgehead atoms. The normalized spacial score (nSPS) is 19.0. The quantitative estimate of drug-likeness (QED) is 0.892. The van der Waals surface area contributed by atoms with Gasteiger partial charge in [0.1, 0.15) is 5.82 Å². The number of carbonyl (C=O) groups excluding carboxylic acids is 1. The van der Waals surface area contributed by atoms with Crippen molar-refractivity contribution in [2.75, 3.05) is 23.3 Å². The topological polar surface area (TPSA) is 57.3 Å². The van der Waals surface area contributed by atoms with Gasteiger partial charge in [-0.2, -0.15) is 0 Å². The van der Waals surface area contributed by atoms with E-state index in [1.165, 1.54) is 12.8 Å². The molecule has 20 heavy (non-hydrogen) atoms. The first-order chi connectivity index (χ1) is 9.54. The lowest BCUT2D eigenvalue weighted by molar-refractivity contribution is 0.250. The molecular weight excluding hydrogens is 252 g/mol. The number of urea groups is 1. The van der Waals surface area contributed by atoms with Crippen LogP contribution in [0.5, 0.6) is 0 Å². The zero-order chi connectivity index (χ0) is 14.5. The lowest BCUT2D eigenvalue weighted by Crippen LogP contribution is -2.35. The highest BCUT2D eigenvalue weighted by Crippen LogP contribution is 2.21. The Morgan fingerprint density at radius 2 is 2.25 bits per heavy atom. The van der Waals surface area contributed by atoms with Crippen LogP contribution in [0.1, 0.15) is 33.6 Å². The van der Waals surface area contributed by atoms with Gasteiger partial charge in [0, 0.05) is 19.1 Å². The van der Waals surface area contributed by atoms with Crippen LogP contribution in [0.3, 0.4) is 0 Å². The van der Waals surface area contributed by atoms with Crippen LogP contribution in [0.15, 0.2) is 18.3 Å². The van der Waals surface area contributed by atoms with Crippen LogP contribution in [-0.4, -0.2) is 30.1 Å². The molecule has 110 valence electrons. The number of anilines is 2. The van der Waals surface area contributed by atoms with Crippen LogP contribution in [0.25, 0.3) is 0 Å². The third-order valence-corrected chi connectivity index (χ3v) is 3.41. The van der Waals surface area contributed by atoms with Crippen molar-refractivity contribution in [3.05, 3.63) is 18.3 Å². The van der Waals surface area contributed by atoms with Gasteiger partial charge in [0.15, 0.2) is 0 Å².